The highest BCUT2D eigenvalue weighted by Crippen LogP contribution is 2.21. The van der Waals surface area contributed by atoms with Gasteiger partial charge in [0.25, 0.3) is 0 Å². The van der Waals surface area contributed by atoms with E-state index in [9.17, 15) is 0 Å². The van der Waals surface area contributed by atoms with E-state index in [1.165, 1.54) is 11.3 Å². The largest absolute Gasteiger partial charge is 0.489 e. The summed E-state index contributed by atoms with van der Waals surface area (Å²) in [5.41, 5.74) is 3.38. The number of aromatic nitrogens is 2. The van der Waals surface area contributed by atoms with Crippen LogP contribution in [0.2, 0.25) is 0 Å². The summed E-state index contributed by atoms with van der Waals surface area (Å²) in [6.45, 7) is 4.46. The minimum atomic E-state index is 0.588. The van der Waals surface area contributed by atoms with E-state index in [-0.39, 0.29) is 0 Å². The van der Waals surface area contributed by atoms with Gasteiger partial charge in [-0.1, -0.05) is 30.3 Å². The SMILES string of the molecule is CCN(Cc1c[nH]cn1)c1ccc(OCc2ccccc2)cc1. The third-order valence-electron chi connectivity index (χ3n) is 3.74. The molecule has 0 saturated carbocycles. The van der Waals surface area contributed by atoms with Crippen molar-refractivity contribution < 1.29 is 4.74 Å². The third kappa shape index (κ3) is 4.13. The molecule has 0 amide bonds. The van der Waals surface area contributed by atoms with E-state index in [1.807, 2.05) is 36.5 Å². The Balaban J connectivity index is 1.61. The molecule has 118 valence electrons. The Kier molecular flexibility index (Phi) is 4.94. The van der Waals surface area contributed by atoms with Crippen molar-refractivity contribution in [3.63, 3.8) is 0 Å². The molecule has 4 heteroatoms. The van der Waals surface area contributed by atoms with Crippen molar-refractivity contribution in [1.29, 1.82) is 0 Å². The monoisotopic (exact) mass is 307 g/mol. The summed E-state index contributed by atoms with van der Waals surface area (Å²) in [7, 11) is 0. The van der Waals surface area contributed by atoms with Crippen LogP contribution in [0, 0.1) is 0 Å². The molecule has 0 saturated heterocycles. The number of nitrogens with one attached hydrogen (secondary N) is 1. The predicted molar refractivity (Wildman–Crippen MR) is 92.5 cm³/mol. The Morgan fingerprint density at radius 2 is 1.83 bits per heavy atom. The molecule has 23 heavy (non-hydrogen) atoms. The molecule has 1 heterocycles. The highest BCUT2D eigenvalue weighted by atomic mass is 16.5. The van der Waals surface area contributed by atoms with E-state index in [0.29, 0.717) is 6.61 Å². The van der Waals surface area contributed by atoms with Crippen LogP contribution in [0.5, 0.6) is 5.75 Å². The van der Waals surface area contributed by atoms with Crippen molar-refractivity contribution in [1.82, 2.24) is 9.97 Å². The number of anilines is 1. The van der Waals surface area contributed by atoms with Crippen LogP contribution < -0.4 is 9.64 Å². The Hall–Kier alpha value is -2.75. The predicted octanol–water partition coefficient (Wildman–Crippen LogP) is 4.02. The molecular weight excluding hydrogens is 286 g/mol. The average molecular weight is 307 g/mol. The van der Waals surface area contributed by atoms with Crippen LogP contribution in [-0.2, 0) is 13.2 Å². The topological polar surface area (TPSA) is 41.2 Å². The van der Waals surface area contributed by atoms with Crippen LogP contribution in [0.3, 0.4) is 0 Å². The molecule has 4 nitrogen and oxygen atoms in total. The molecule has 0 spiro atoms. The lowest BCUT2D eigenvalue weighted by Crippen LogP contribution is -2.22. The molecule has 0 radical (unpaired) electrons. The third-order valence-corrected chi connectivity index (χ3v) is 3.74. The molecule has 2 aromatic carbocycles. The maximum absolute atomic E-state index is 5.83. The molecule has 0 fully saturated rings. The van der Waals surface area contributed by atoms with Crippen LogP contribution in [0.4, 0.5) is 5.69 Å². The molecule has 0 aliphatic heterocycles. The van der Waals surface area contributed by atoms with Gasteiger partial charge in [-0.15, -0.1) is 0 Å². The van der Waals surface area contributed by atoms with Crippen LogP contribution in [0.15, 0.2) is 67.1 Å². The number of nitrogens with zero attached hydrogens (tertiary/aromatic N) is 2. The van der Waals surface area contributed by atoms with Crippen molar-refractivity contribution in [2.45, 2.75) is 20.1 Å². The highest BCUT2D eigenvalue weighted by molar-refractivity contribution is 5.49. The quantitative estimate of drug-likeness (QED) is 0.717. The number of aromatic amines is 1. The molecule has 0 bridgehead atoms. The van der Waals surface area contributed by atoms with Crippen molar-refractivity contribution in [2.24, 2.45) is 0 Å². The molecule has 3 aromatic rings. The Labute approximate surface area is 136 Å². The second-order valence-electron chi connectivity index (χ2n) is 5.34. The zero-order chi connectivity index (χ0) is 15.9. The smallest absolute Gasteiger partial charge is 0.119 e. The molecule has 0 unspecified atom stereocenters. The molecule has 1 aromatic heterocycles. The summed E-state index contributed by atoms with van der Waals surface area (Å²) in [6, 6.07) is 18.4. The summed E-state index contributed by atoms with van der Waals surface area (Å²) in [4.78, 5) is 9.56. The number of imidazole rings is 1. The lowest BCUT2D eigenvalue weighted by Gasteiger charge is -2.22. The first-order valence-corrected chi connectivity index (χ1v) is 7.84. The van der Waals surface area contributed by atoms with Crippen molar-refractivity contribution in [2.75, 3.05) is 11.4 Å². The fourth-order valence-electron chi connectivity index (χ4n) is 2.45. The van der Waals surface area contributed by atoms with Crippen molar-refractivity contribution in [3.05, 3.63) is 78.4 Å². The summed E-state index contributed by atoms with van der Waals surface area (Å²) in [6.07, 6.45) is 3.64. The van der Waals surface area contributed by atoms with Crippen LogP contribution in [-0.4, -0.2) is 16.5 Å². The van der Waals surface area contributed by atoms with Gasteiger partial charge in [-0.05, 0) is 36.8 Å². The van der Waals surface area contributed by atoms with Crippen LogP contribution in [0.25, 0.3) is 0 Å². The van der Waals surface area contributed by atoms with Gasteiger partial charge in [0.05, 0.1) is 18.6 Å². The average Bonchev–Trinajstić information content (AvgIpc) is 3.12. The molecule has 0 aliphatic carbocycles. The zero-order valence-corrected chi connectivity index (χ0v) is 13.3. The van der Waals surface area contributed by atoms with Gasteiger partial charge in [0, 0.05) is 18.4 Å². The first kappa shape index (κ1) is 15.2. The first-order chi connectivity index (χ1) is 11.3. The van der Waals surface area contributed by atoms with E-state index >= 15 is 0 Å². The van der Waals surface area contributed by atoms with Crippen molar-refractivity contribution in [3.8, 4) is 5.75 Å². The highest BCUT2D eigenvalue weighted by Gasteiger charge is 2.07. The fourth-order valence-corrected chi connectivity index (χ4v) is 2.45. The number of hydrogen-bond donors (Lipinski definition) is 1. The number of hydrogen-bond acceptors (Lipinski definition) is 3. The van der Waals surface area contributed by atoms with E-state index in [0.717, 1.165) is 24.5 Å². The normalized spacial score (nSPS) is 10.5. The van der Waals surface area contributed by atoms with Crippen molar-refractivity contribution >= 4 is 5.69 Å². The lowest BCUT2D eigenvalue weighted by molar-refractivity contribution is 0.306. The summed E-state index contributed by atoms with van der Waals surface area (Å²) < 4.78 is 5.83. The first-order valence-electron chi connectivity index (χ1n) is 7.84. The lowest BCUT2D eigenvalue weighted by atomic mass is 10.2. The molecule has 3 rings (SSSR count). The maximum Gasteiger partial charge on any atom is 0.119 e. The molecule has 0 aliphatic rings. The summed E-state index contributed by atoms with van der Waals surface area (Å²) in [5.74, 6) is 0.883. The fraction of sp³-hybridized carbons (Fsp3) is 0.211. The van der Waals surface area contributed by atoms with Gasteiger partial charge in [0.2, 0.25) is 0 Å². The van der Waals surface area contributed by atoms with Crippen LogP contribution >= 0.6 is 0 Å². The standard InChI is InChI=1S/C19H21N3O/c1-2-22(13-17-12-20-15-21-17)18-8-10-19(11-9-18)23-14-16-6-4-3-5-7-16/h3-12,15H,2,13-14H2,1H3,(H,20,21). The van der Waals surface area contributed by atoms with Crippen LogP contribution in [0.1, 0.15) is 18.2 Å². The Bertz CT molecular complexity index is 693. The number of rotatable bonds is 7. The Morgan fingerprint density at radius 1 is 1.04 bits per heavy atom. The Morgan fingerprint density at radius 3 is 2.48 bits per heavy atom. The number of benzene rings is 2. The second kappa shape index (κ2) is 7.49. The number of ether oxygens (including phenoxy) is 1. The molecule has 0 atom stereocenters. The van der Waals surface area contributed by atoms with E-state index in [1.54, 1.807) is 6.33 Å². The van der Waals surface area contributed by atoms with E-state index < -0.39 is 0 Å². The minimum Gasteiger partial charge on any atom is -0.489 e. The minimum absolute atomic E-state index is 0.588. The maximum atomic E-state index is 5.83. The summed E-state index contributed by atoms with van der Waals surface area (Å²) in [5, 5.41) is 0. The van der Waals surface area contributed by atoms with Gasteiger partial charge in [-0.2, -0.15) is 0 Å². The zero-order valence-electron chi connectivity index (χ0n) is 13.3. The van der Waals surface area contributed by atoms with Gasteiger partial charge >= 0.3 is 0 Å². The summed E-state index contributed by atoms with van der Waals surface area (Å²) >= 11 is 0. The number of H-pyrrole nitrogens is 1. The van der Waals surface area contributed by atoms with E-state index in [2.05, 4.69) is 46.1 Å². The van der Waals surface area contributed by atoms with Gasteiger partial charge in [0.15, 0.2) is 0 Å². The van der Waals surface area contributed by atoms with Gasteiger partial charge < -0.3 is 14.6 Å². The van der Waals surface area contributed by atoms with Gasteiger partial charge in [-0.25, -0.2) is 4.98 Å². The van der Waals surface area contributed by atoms with Gasteiger partial charge in [-0.3, -0.25) is 0 Å². The second-order valence-corrected chi connectivity index (χ2v) is 5.34. The van der Waals surface area contributed by atoms with Gasteiger partial charge in [0.1, 0.15) is 12.4 Å². The molecule has 1 N–H and O–H groups in total. The van der Waals surface area contributed by atoms with E-state index in [4.69, 9.17) is 4.74 Å². The molecular formula is C19H21N3O.